The molecule has 0 radical (unpaired) electrons. The summed E-state index contributed by atoms with van der Waals surface area (Å²) in [5, 5.41) is 0. The molecule has 1 aromatic rings. The number of ether oxygens (including phenoxy) is 4. The third-order valence-electron chi connectivity index (χ3n) is 4.81. The summed E-state index contributed by atoms with van der Waals surface area (Å²) >= 11 is 0. The molecule has 0 N–H and O–H groups in total. The third kappa shape index (κ3) is 4.27. The number of methoxy groups -OCH3 is 1. The molecule has 8 nitrogen and oxygen atoms in total. The quantitative estimate of drug-likeness (QED) is 0.731. The van der Waals surface area contributed by atoms with E-state index in [9.17, 15) is 14.4 Å². The summed E-state index contributed by atoms with van der Waals surface area (Å²) in [5.41, 5.74) is 0.390. The number of benzene rings is 1. The Kier molecular flexibility index (Phi) is 5.87. The smallest absolute Gasteiger partial charge is 0.409 e. The highest BCUT2D eigenvalue weighted by atomic mass is 16.6. The van der Waals surface area contributed by atoms with Crippen LogP contribution in [0.5, 0.6) is 5.75 Å². The number of amides is 1. The normalized spacial score (nSPS) is 23.6. The van der Waals surface area contributed by atoms with E-state index >= 15 is 0 Å². The second-order valence-electron chi connectivity index (χ2n) is 6.96. The van der Waals surface area contributed by atoms with Crippen LogP contribution in [-0.2, 0) is 19.0 Å². The number of nitrogens with zero attached hydrogens (tertiary/aromatic N) is 1. The predicted octanol–water partition coefficient (Wildman–Crippen LogP) is 2.53. The molecule has 3 atom stereocenters. The Hall–Kier alpha value is -3.03. The average Bonchev–Trinajstić information content (AvgIpc) is 2.70. The number of ketones is 1. The highest BCUT2D eigenvalue weighted by Gasteiger charge is 2.42. The minimum Gasteiger partial charge on any atom is -0.493 e. The lowest BCUT2D eigenvalue weighted by molar-refractivity contribution is -0.132. The zero-order valence-electron chi connectivity index (χ0n) is 16.0. The molecule has 1 fully saturated rings. The van der Waals surface area contributed by atoms with Crippen molar-refractivity contribution in [1.29, 1.82) is 0 Å². The fourth-order valence-corrected chi connectivity index (χ4v) is 3.27. The molecule has 0 saturated heterocycles. The van der Waals surface area contributed by atoms with Gasteiger partial charge in [0.05, 0.1) is 18.6 Å². The summed E-state index contributed by atoms with van der Waals surface area (Å²) in [5.74, 6) is -0.370. The van der Waals surface area contributed by atoms with Gasteiger partial charge in [-0.25, -0.2) is 9.59 Å². The van der Waals surface area contributed by atoms with E-state index < -0.39 is 12.1 Å². The van der Waals surface area contributed by atoms with Crippen molar-refractivity contribution in [2.75, 3.05) is 21.2 Å². The number of Topliss-reactive ketones (excluding diaryl/α,β-unsaturated/α-hetero) is 1. The molecule has 3 rings (SSSR count). The van der Waals surface area contributed by atoms with Crippen LogP contribution in [0.1, 0.15) is 29.6 Å². The van der Waals surface area contributed by atoms with Gasteiger partial charge in [0.1, 0.15) is 24.2 Å². The molecule has 1 saturated carbocycles. The van der Waals surface area contributed by atoms with Crippen LogP contribution in [0.3, 0.4) is 0 Å². The van der Waals surface area contributed by atoms with Crippen molar-refractivity contribution in [3.63, 3.8) is 0 Å². The first-order chi connectivity index (χ1) is 13.4. The lowest BCUT2D eigenvalue weighted by atomic mass is 9.80. The molecular weight excluding hydrogens is 366 g/mol. The molecular formula is C20H23NO7. The molecule has 8 heteroatoms. The van der Waals surface area contributed by atoms with E-state index in [2.05, 4.69) is 4.74 Å². The summed E-state index contributed by atoms with van der Waals surface area (Å²) in [7, 11) is 4.56. The fraction of sp³-hybridized carbons (Fsp3) is 0.450. The van der Waals surface area contributed by atoms with Gasteiger partial charge in [-0.15, -0.1) is 0 Å². The first-order valence-corrected chi connectivity index (χ1v) is 9.03. The molecule has 1 heterocycles. The van der Waals surface area contributed by atoms with E-state index in [1.54, 1.807) is 38.4 Å². The van der Waals surface area contributed by atoms with E-state index in [1.807, 2.05) is 0 Å². The van der Waals surface area contributed by atoms with Crippen molar-refractivity contribution < 1.29 is 33.3 Å². The van der Waals surface area contributed by atoms with Crippen LogP contribution in [0, 0.1) is 5.92 Å². The van der Waals surface area contributed by atoms with E-state index in [4.69, 9.17) is 14.2 Å². The van der Waals surface area contributed by atoms with Gasteiger partial charge in [-0.05, 0) is 37.1 Å². The topological polar surface area (TPSA) is 91.4 Å². The second-order valence-corrected chi connectivity index (χ2v) is 6.96. The number of hydrogen-bond donors (Lipinski definition) is 0. The minimum absolute atomic E-state index is 0.121. The van der Waals surface area contributed by atoms with Crippen molar-refractivity contribution in [2.45, 2.75) is 31.5 Å². The number of fused-ring (bicyclic) bond motifs is 1. The van der Waals surface area contributed by atoms with Gasteiger partial charge in [-0.1, -0.05) is 0 Å². The summed E-state index contributed by atoms with van der Waals surface area (Å²) in [4.78, 5) is 37.3. The molecule has 1 amide bonds. The van der Waals surface area contributed by atoms with Gasteiger partial charge < -0.3 is 23.8 Å². The summed E-state index contributed by atoms with van der Waals surface area (Å²) in [6.07, 6.45) is 1.91. The summed E-state index contributed by atoms with van der Waals surface area (Å²) in [6.45, 7) is 0. The Labute approximate surface area is 163 Å². The second kappa shape index (κ2) is 8.33. The Morgan fingerprint density at radius 3 is 2.50 bits per heavy atom. The van der Waals surface area contributed by atoms with Gasteiger partial charge >= 0.3 is 12.1 Å². The van der Waals surface area contributed by atoms with Crippen molar-refractivity contribution >= 4 is 17.8 Å². The maximum absolute atomic E-state index is 12.8. The highest BCUT2D eigenvalue weighted by molar-refractivity contribution is 5.96. The van der Waals surface area contributed by atoms with Crippen molar-refractivity contribution in [3.8, 4) is 5.75 Å². The zero-order valence-corrected chi connectivity index (χ0v) is 16.0. The fourth-order valence-electron chi connectivity index (χ4n) is 3.27. The van der Waals surface area contributed by atoms with Crippen LogP contribution >= 0.6 is 0 Å². The van der Waals surface area contributed by atoms with Crippen molar-refractivity contribution in [1.82, 2.24) is 4.90 Å². The molecule has 150 valence electrons. The number of carbonyl (C=O) groups is 3. The molecule has 1 aliphatic heterocycles. The molecule has 3 unspecified atom stereocenters. The number of esters is 1. The SMILES string of the molecule is COC(=O)c1ccc(OC2=COC3CC(OC(=O)N(C)C)CCC3C2=O)cc1. The minimum atomic E-state index is -0.447. The van der Waals surface area contributed by atoms with Gasteiger partial charge in [-0.2, -0.15) is 0 Å². The molecule has 1 aromatic carbocycles. The van der Waals surface area contributed by atoms with E-state index in [0.29, 0.717) is 30.6 Å². The highest BCUT2D eigenvalue weighted by Crippen LogP contribution is 2.35. The van der Waals surface area contributed by atoms with E-state index in [1.165, 1.54) is 18.3 Å². The van der Waals surface area contributed by atoms with Crippen LogP contribution in [0.2, 0.25) is 0 Å². The van der Waals surface area contributed by atoms with Gasteiger partial charge in [-0.3, -0.25) is 4.79 Å². The molecule has 28 heavy (non-hydrogen) atoms. The van der Waals surface area contributed by atoms with Crippen molar-refractivity contribution in [2.24, 2.45) is 5.92 Å². The zero-order chi connectivity index (χ0) is 20.3. The lowest BCUT2D eigenvalue weighted by Crippen LogP contribution is -2.43. The van der Waals surface area contributed by atoms with Gasteiger partial charge in [0, 0.05) is 20.5 Å². The van der Waals surface area contributed by atoms with Crippen LogP contribution in [0.4, 0.5) is 4.79 Å². The largest absolute Gasteiger partial charge is 0.493 e. The standard InChI is InChI=1S/C20H23NO7/c1-21(2)20(24)28-14-8-9-15-16(10-14)26-11-17(18(15)22)27-13-6-4-12(5-7-13)19(23)25-3/h4-7,11,14-16H,8-10H2,1-3H3. The lowest BCUT2D eigenvalue weighted by Gasteiger charge is -2.37. The first kappa shape index (κ1) is 19.7. The molecule has 1 aliphatic carbocycles. The predicted molar refractivity (Wildman–Crippen MR) is 97.7 cm³/mol. The Morgan fingerprint density at radius 1 is 1.14 bits per heavy atom. The van der Waals surface area contributed by atoms with E-state index in [0.717, 1.165) is 0 Å². The summed E-state index contributed by atoms with van der Waals surface area (Å²) < 4.78 is 21.4. The maximum Gasteiger partial charge on any atom is 0.409 e. The number of allylic oxidation sites excluding steroid dienone is 1. The third-order valence-corrected chi connectivity index (χ3v) is 4.81. The number of rotatable bonds is 4. The molecule has 0 spiro atoms. The molecule has 2 aliphatic rings. The van der Waals surface area contributed by atoms with Crippen LogP contribution in [-0.4, -0.2) is 56.2 Å². The van der Waals surface area contributed by atoms with Gasteiger partial charge in [0.2, 0.25) is 11.5 Å². The van der Waals surface area contributed by atoms with Gasteiger partial charge in [0.25, 0.3) is 0 Å². The molecule has 0 bridgehead atoms. The summed E-state index contributed by atoms with van der Waals surface area (Å²) in [6, 6.07) is 6.29. The van der Waals surface area contributed by atoms with Crippen LogP contribution in [0.25, 0.3) is 0 Å². The number of hydrogen-bond acceptors (Lipinski definition) is 7. The van der Waals surface area contributed by atoms with Crippen molar-refractivity contribution in [3.05, 3.63) is 41.9 Å². The Balaban J connectivity index is 1.62. The Bertz CT molecular complexity index is 784. The van der Waals surface area contributed by atoms with Crippen LogP contribution in [0.15, 0.2) is 36.3 Å². The Morgan fingerprint density at radius 2 is 1.86 bits per heavy atom. The van der Waals surface area contributed by atoms with E-state index in [-0.39, 0.29) is 29.7 Å². The van der Waals surface area contributed by atoms with Crippen LogP contribution < -0.4 is 4.74 Å². The number of carbonyl (C=O) groups excluding carboxylic acids is 3. The average molecular weight is 389 g/mol. The first-order valence-electron chi connectivity index (χ1n) is 9.03. The monoisotopic (exact) mass is 389 g/mol. The maximum atomic E-state index is 12.8. The molecule has 0 aromatic heterocycles. The van der Waals surface area contributed by atoms with Gasteiger partial charge in [0.15, 0.2) is 0 Å².